The fraction of sp³-hybridized carbons (Fsp3) is 0.133. The molecule has 0 atom stereocenters. The second-order valence-electron chi connectivity index (χ2n) is 4.54. The number of fused-ring (bicyclic) bond motifs is 1. The molecular weight excluding hydrogens is 254 g/mol. The number of nitrogen functional groups attached to an aromatic ring is 1. The number of nitrogens with two attached hydrogens (primary N) is 1. The van der Waals surface area contributed by atoms with Crippen molar-refractivity contribution < 1.29 is 0 Å². The first kappa shape index (κ1) is 12.0. The molecule has 3 rings (SSSR count). The van der Waals surface area contributed by atoms with E-state index in [2.05, 4.69) is 28.0 Å². The Morgan fingerprint density at radius 2 is 2.11 bits per heavy atom. The van der Waals surface area contributed by atoms with Crippen LogP contribution in [0.15, 0.2) is 41.2 Å². The van der Waals surface area contributed by atoms with E-state index in [0.717, 1.165) is 23.1 Å². The number of anilines is 2. The summed E-state index contributed by atoms with van der Waals surface area (Å²) in [6.07, 6.45) is 1.71. The highest BCUT2D eigenvalue weighted by Gasteiger charge is 2.07. The summed E-state index contributed by atoms with van der Waals surface area (Å²) in [6.45, 7) is 2.91. The van der Waals surface area contributed by atoms with Gasteiger partial charge < -0.3 is 11.1 Å². The summed E-state index contributed by atoms with van der Waals surface area (Å²) < 4.78 is 0. The van der Waals surface area contributed by atoms with Crippen molar-refractivity contribution in [1.82, 2.24) is 4.98 Å². The number of rotatable bonds is 3. The normalized spacial score (nSPS) is 10.8. The van der Waals surface area contributed by atoms with Gasteiger partial charge in [0.05, 0.1) is 23.1 Å². The first-order valence-corrected chi connectivity index (χ1v) is 7.09. The lowest BCUT2D eigenvalue weighted by Crippen LogP contribution is -2.04. The third-order valence-corrected chi connectivity index (χ3v) is 4.13. The van der Waals surface area contributed by atoms with Crippen molar-refractivity contribution in [2.45, 2.75) is 13.5 Å². The lowest BCUT2D eigenvalue weighted by molar-refractivity contribution is 1.14. The molecule has 3 N–H and O–H groups in total. The van der Waals surface area contributed by atoms with Gasteiger partial charge in [-0.2, -0.15) is 11.3 Å². The smallest absolute Gasteiger partial charge is 0.0743 e. The quantitative estimate of drug-likeness (QED) is 0.760. The van der Waals surface area contributed by atoms with Crippen LogP contribution in [0.5, 0.6) is 0 Å². The van der Waals surface area contributed by atoms with Gasteiger partial charge in [-0.15, -0.1) is 0 Å². The Morgan fingerprint density at radius 3 is 2.89 bits per heavy atom. The van der Waals surface area contributed by atoms with E-state index in [9.17, 15) is 0 Å². The molecule has 0 aliphatic carbocycles. The van der Waals surface area contributed by atoms with Crippen LogP contribution in [0.3, 0.4) is 0 Å². The van der Waals surface area contributed by atoms with Crippen molar-refractivity contribution in [2.24, 2.45) is 0 Å². The molecule has 0 fully saturated rings. The van der Waals surface area contributed by atoms with Gasteiger partial charge in [0, 0.05) is 11.9 Å². The Hall–Kier alpha value is -2.07. The van der Waals surface area contributed by atoms with Crippen molar-refractivity contribution >= 4 is 33.6 Å². The molecule has 0 aliphatic heterocycles. The number of benzene rings is 1. The zero-order chi connectivity index (χ0) is 13.2. The first-order valence-electron chi connectivity index (χ1n) is 6.14. The molecule has 0 spiro atoms. The van der Waals surface area contributed by atoms with Crippen molar-refractivity contribution in [3.63, 3.8) is 0 Å². The minimum Gasteiger partial charge on any atom is -0.396 e. The number of para-hydroxylation sites is 1. The van der Waals surface area contributed by atoms with Gasteiger partial charge in [0.2, 0.25) is 0 Å². The Kier molecular flexibility index (Phi) is 3.09. The van der Waals surface area contributed by atoms with Gasteiger partial charge in [-0.3, -0.25) is 4.98 Å². The van der Waals surface area contributed by atoms with E-state index in [1.807, 2.05) is 24.3 Å². The van der Waals surface area contributed by atoms with Gasteiger partial charge in [0.25, 0.3) is 0 Å². The maximum atomic E-state index is 6.04. The Morgan fingerprint density at radius 1 is 1.26 bits per heavy atom. The zero-order valence-corrected chi connectivity index (χ0v) is 11.5. The van der Waals surface area contributed by atoms with Crippen molar-refractivity contribution in [3.05, 3.63) is 52.3 Å². The zero-order valence-electron chi connectivity index (χ0n) is 10.7. The number of thiophene rings is 1. The Balaban J connectivity index is 1.96. The van der Waals surface area contributed by atoms with Gasteiger partial charge in [0.15, 0.2) is 0 Å². The summed E-state index contributed by atoms with van der Waals surface area (Å²) in [7, 11) is 0. The number of nitrogens with one attached hydrogen (secondary N) is 1. The van der Waals surface area contributed by atoms with Crippen LogP contribution in [0.1, 0.15) is 11.1 Å². The highest BCUT2D eigenvalue weighted by atomic mass is 32.1. The SMILES string of the molecule is Cc1cscc1CNc1c(N)cnc2ccccc12. The Bertz CT molecular complexity index is 718. The minimum absolute atomic E-state index is 0.687. The molecule has 2 aromatic heterocycles. The van der Waals surface area contributed by atoms with Gasteiger partial charge >= 0.3 is 0 Å². The summed E-state index contributed by atoms with van der Waals surface area (Å²) in [5.41, 5.74) is 11.3. The molecule has 0 amide bonds. The highest BCUT2D eigenvalue weighted by Crippen LogP contribution is 2.28. The minimum atomic E-state index is 0.687. The molecule has 0 aliphatic rings. The van der Waals surface area contributed by atoms with Crippen LogP contribution >= 0.6 is 11.3 Å². The van der Waals surface area contributed by atoms with Crippen molar-refractivity contribution in [3.8, 4) is 0 Å². The van der Waals surface area contributed by atoms with Gasteiger partial charge in [-0.1, -0.05) is 18.2 Å². The van der Waals surface area contributed by atoms with E-state index in [1.165, 1.54) is 11.1 Å². The molecule has 0 saturated heterocycles. The third kappa shape index (κ3) is 2.27. The van der Waals surface area contributed by atoms with Crippen LogP contribution in [0.4, 0.5) is 11.4 Å². The molecular formula is C15H15N3S. The lowest BCUT2D eigenvalue weighted by Gasteiger charge is -2.12. The second kappa shape index (κ2) is 4.90. The molecule has 0 bridgehead atoms. The lowest BCUT2D eigenvalue weighted by atomic mass is 10.1. The van der Waals surface area contributed by atoms with Crippen molar-refractivity contribution in [2.75, 3.05) is 11.1 Å². The number of nitrogens with zero attached hydrogens (tertiary/aromatic N) is 1. The number of hydrogen-bond acceptors (Lipinski definition) is 4. The second-order valence-corrected chi connectivity index (χ2v) is 5.28. The van der Waals surface area contributed by atoms with Crippen LogP contribution in [0, 0.1) is 6.92 Å². The van der Waals surface area contributed by atoms with E-state index in [4.69, 9.17) is 5.73 Å². The average Bonchev–Trinajstić information content (AvgIpc) is 2.83. The highest BCUT2D eigenvalue weighted by molar-refractivity contribution is 7.08. The van der Waals surface area contributed by atoms with Crippen LogP contribution in [-0.4, -0.2) is 4.98 Å². The summed E-state index contributed by atoms with van der Waals surface area (Å²) in [4.78, 5) is 4.34. The molecule has 0 unspecified atom stereocenters. The number of aryl methyl sites for hydroxylation is 1. The summed E-state index contributed by atoms with van der Waals surface area (Å²) in [6, 6.07) is 8.03. The maximum absolute atomic E-state index is 6.04. The topological polar surface area (TPSA) is 50.9 Å². The average molecular weight is 269 g/mol. The molecule has 4 heteroatoms. The van der Waals surface area contributed by atoms with Crippen LogP contribution in [-0.2, 0) is 6.54 Å². The molecule has 0 radical (unpaired) electrons. The van der Waals surface area contributed by atoms with E-state index in [0.29, 0.717) is 5.69 Å². The molecule has 3 aromatic rings. The van der Waals surface area contributed by atoms with Crippen molar-refractivity contribution in [1.29, 1.82) is 0 Å². The first-order chi connectivity index (χ1) is 9.25. The molecule has 96 valence electrons. The summed E-state index contributed by atoms with van der Waals surface area (Å²) >= 11 is 1.73. The molecule has 3 nitrogen and oxygen atoms in total. The number of hydrogen-bond donors (Lipinski definition) is 2. The van der Waals surface area contributed by atoms with Crippen LogP contribution in [0.2, 0.25) is 0 Å². The molecule has 0 saturated carbocycles. The van der Waals surface area contributed by atoms with E-state index >= 15 is 0 Å². The Labute approximate surface area is 116 Å². The predicted molar refractivity (Wildman–Crippen MR) is 82.5 cm³/mol. The van der Waals surface area contributed by atoms with E-state index in [-0.39, 0.29) is 0 Å². The molecule has 1 aromatic carbocycles. The molecule has 19 heavy (non-hydrogen) atoms. The van der Waals surface area contributed by atoms with Gasteiger partial charge in [-0.25, -0.2) is 0 Å². The molecule has 2 heterocycles. The fourth-order valence-corrected chi connectivity index (χ4v) is 2.96. The standard InChI is InChI=1S/C15H15N3S/c1-10-8-19-9-11(10)6-18-15-12-4-2-3-5-14(12)17-7-13(15)16/h2-5,7-9H,6,16H2,1H3,(H,17,18). The number of pyridine rings is 1. The van der Waals surface area contributed by atoms with Crippen LogP contribution in [0.25, 0.3) is 10.9 Å². The van der Waals surface area contributed by atoms with Gasteiger partial charge in [0.1, 0.15) is 0 Å². The third-order valence-electron chi connectivity index (χ3n) is 3.22. The van der Waals surface area contributed by atoms with E-state index < -0.39 is 0 Å². The summed E-state index contributed by atoms with van der Waals surface area (Å²) in [5.74, 6) is 0. The largest absolute Gasteiger partial charge is 0.396 e. The number of aromatic nitrogens is 1. The fourth-order valence-electron chi connectivity index (χ4n) is 2.11. The van der Waals surface area contributed by atoms with E-state index in [1.54, 1.807) is 17.5 Å². The van der Waals surface area contributed by atoms with Gasteiger partial charge in [-0.05, 0) is 34.9 Å². The predicted octanol–water partition coefficient (Wildman–Crippen LogP) is 3.80. The van der Waals surface area contributed by atoms with Crippen LogP contribution < -0.4 is 11.1 Å². The summed E-state index contributed by atoms with van der Waals surface area (Å²) in [5, 5.41) is 8.83. The monoisotopic (exact) mass is 269 g/mol. The maximum Gasteiger partial charge on any atom is 0.0743 e.